The molecule has 0 aliphatic rings. The third-order valence-electron chi connectivity index (χ3n) is 2.52. The zero-order valence-corrected chi connectivity index (χ0v) is 10.3. The van der Waals surface area contributed by atoms with E-state index < -0.39 is 5.97 Å². The quantitative estimate of drug-likeness (QED) is 0.864. The van der Waals surface area contributed by atoms with E-state index in [4.69, 9.17) is 24.8 Å². The lowest BCUT2D eigenvalue weighted by Gasteiger charge is -2.12. The molecule has 0 saturated heterocycles. The average Bonchev–Trinajstić information content (AvgIpc) is 2.83. The van der Waals surface area contributed by atoms with Crippen LogP contribution in [0.25, 0.3) is 11.3 Å². The summed E-state index contributed by atoms with van der Waals surface area (Å²) in [6, 6.07) is 4.25. The summed E-state index contributed by atoms with van der Waals surface area (Å²) in [7, 11) is 2.86. The molecule has 3 N–H and O–H groups in total. The van der Waals surface area contributed by atoms with E-state index in [0.717, 1.165) is 0 Å². The van der Waals surface area contributed by atoms with Crippen molar-refractivity contribution < 1.29 is 23.9 Å². The molecule has 0 spiro atoms. The van der Waals surface area contributed by atoms with Crippen LogP contribution in [0.5, 0.6) is 11.5 Å². The second-order valence-electron chi connectivity index (χ2n) is 3.68. The van der Waals surface area contributed by atoms with Crippen molar-refractivity contribution in [1.82, 2.24) is 5.16 Å². The number of anilines is 1. The predicted octanol–water partition coefficient (Wildman–Crippen LogP) is 1.64. The SMILES string of the molecule is COc1cc(C(=O)O)cc(-c2cc(N)no2)c1OC. The number of rotatable bonds is 4. The molecule has 2 aromatic rings. The van der Waals surface area contributed by atoms with Crippen LogP contribution >= 0.6 is 0 Å². The van der Waals surface area contributed by atoms with E-state index in [9.17, 15) is 4.79 Å². The maximum absolute atomic E-state index is 11.1. The molecule has 0 fully saturated rings. The molecule has 19 heavy (non-hydrogen) atoms. The van der Waals surface area contributed by atoms with Crippen molar-refractivity contribution in [2.75, 3.05) is 20.0 Å². The number of nitrogens with two attached hydrogens (primary N) is 1. The number of benzene rings is 1. The van der Waals surface area contributed by atoms with E-state index >= 15 is 0 Å². The van der Waals surface area contributed by atoms with E-state index in [0.29, 0.717) is 17.1 Å². The van der Waals surface area contributed by atoms with Crippen LogP contribution in [0.4, 0.5) is 5.82 Å². The minimum Gasteiger partial charge on any atom is -0.493 e. The molecule has 2 rings (SSSR count). The molecule has 1 heterocycles. The zero-order valence-electron chi connectivity index (χ0n) is 10.3. The van der Waals surface area contributed by atoms with Crippen LogP contribution in [0.15, 0.2) is 22.7 Å². The number of aromatic nitrogens is 1. The van der Waals surface area contributed by atoms with Crippen LogP contribution in [0.3, 0.4) is 0 Å². The Balaban J connectivity index is 2.69. The highest BCUT2D eigenvalue weighted by Gasteiger charge is 2.19. The molecule has 0 bridgehead atoms. The lowest BCUT2D eigenvalue weighted by Crippen LogP contribution is -2.00. The van der Waals surface area contributed by atoms with Gasteiger partial charge in [0.25, 0.3) is 0 Å². The topological polar surface area (TPSA) is 108 Å². The lowest BCUT2D eigenvalue weighted by atomic mass is 10.1. The number of hydrogen-bond acceptors (Lipinski definition) is 6. The number of carbonyl (C=O) groups is 1. The Morgan fingerprint density at radius 3 is 2.53 bits per heavy atom. The van der Waals surface area contributed by atoms with E-state index in [1.807, 2.05) is 0 Å². The van der Waals surface area contributed by atoms with Gasteiger partial charge in [-0.25, -0.2) is 4.79 Å². The Hall–Kier alpha value is -2.70. The summed E-state index contributed by atoms with van der Waals surface area (Å²) in [4.78, 5) is 11.1. The smallest absolute Gasteiger partial charge is 0.335 e. The Bertz CT molecular complexity index is 621. The molecule has 0 amide bonds. The minimum absolute atomic E-state index is 0.0441. The summed E-state index contributed by atoms with van der Waals surface area (Å²) in [5, 5.41) is 12.6. The van der Waals surface area contributed by atoms with Crippen molar-refractivity contribution >= 4 is 11.8 Å². The van der Waals surface area contributed by atoms with Crippen molar-refractivity contribution in [3.8, 4) is 22.8 Å². The van der Waals surface area contributed by atoms with Gasteiger partial charge in [-0.3, -0.25) is 0 Å². The van der Waals surface area contributed by atoms with Crippen molar-refractivity contribution in [3.05, 3.63) is 23.8 Å². The van der Waals surface area contributed by atoms with E-state index in [1.54, 1.807) is 0 Å². The highest BCUT2D eigenvalue weighted by atomic mass is 16.5. The fourth-order valence-corrected chi connectivity index (χ4v) is 1.69. The lowest BCUT2D eigenvalue weighted by molar-refractivity contribution is 0.0696. The molecule has 7 nitrogen and oxygen atoms in total. The van der Waals surface area contributed by atoms with Gasteiger partial charge < -0.3 is 24.8 Å². The normalized spacial score (nSPS) is 10.2. The van der Waals surface area contributed by atoms with E-state index in [-0.39, 0.29) is 17.1 Å². The first-order chi connectivity index (χ1) is 9.06. The molecule has 0 radical (unpaired) electrons. The maximum Gasteiger partial charge on any atom is 0.335 e. The Morgan fingerprint density at radius 2 is 2.05 bits per heavy atom. The maximum atomic E-state index is 11.1. The van der Waals surface area contributed by atoms with Gasteiger partial charge in [-0.05, 0) is 12.1 Å². The third kappa shape index (κ3) is 2.30. The first-order valence-corrected chi connectivity index (χ1v) is 5.28. The van der Waals surface area contributed by atoms with Gasteiger partial charge in [-0.2, -0.15) is 0 Å². The molecule has 0 atom stereocenters. The number of ether oxygens (including phenoxy) is 2. The largest absolute Gasteiger partial charge is 0.493 e. The standard InChI is InChI=1S/C12H12N2O5/c1-17-9-4-6(12(15)16)3-7(11(9)18-2)8-5-10(13)14-19-8/h3-5H,1-2H3,(H2,13,14)(H,15,16). The van der Waals surface area contributed by atoms with Crippen LogP contribution in [0.2, 0.25) is 0 Å². The van der Waals surface area contributed by atoms with Gasteiger partial charge in [0, 0.05) is 6.07 Å². The molecule has 0 saturated carbocycles. The molecular weight excluding hydrogens is 252 g/mol. The van der Waals surface area contributed by atoms with Gasteiger partial charge in [0.2, 0.25) is 0 Å². The number of nitrogen functional groups attached to an aromatic ring is 1. The summed E-state index contributed by atoms with van der Waals surface area (Å²) in [5.74, 6) is 0.0400. The molecule has 0 aliphatic heterocycles. The van der Waals surface area contributed by atoms with Gasteiger partial charge in [0.15, 0.2) is 23.1 Å². The Morgan fingerprint density at radius 1 is 1.32 bits per heavy atom. The van der Waals surface area contributed by atoms with Crippen LogP contribution in [-0.2, 0) is 0 Å². The van der Waals surface area contributed by atoms with Crippen molar-refractivity contribution in [3.63, 3.8) is 0 Å². The van der Waals surface area contributed by atoms with Crippen LogP contribution < -0.4 is 15.2 Å². The number of carboxylic acid groups (broad SMARTS) is 1. The van der Waals surface area contributed by atoms with Crippen molar-refractivity contribution in [2.24, 2.45) is 0 Å². The molecule has 1 aromatic heterocycles. The Labute approximate surface area is 108 Å². The predicted molar refractivity (Wildman–Crippen MR) is 66.4 cm³/mol. The summed E-state index contributed by atoms with van der Waals surface area (Å²) in [5.41, 5.74) is 5.93. The van der Waals surface area contributed by atoms with Gasteiger partial charge >= 0.3 is 5.97 Å². The molecule has 0 aliphatic carbocycles. The summed E-state index contributed by atoms with van der Waals surface area (Å²) in [6.45, 7) is 0. The molecule has 0 unspecified atom stereocenters. The minimum atomic E-state index is -1.09. The third-order valence-corrected chi connectivity index (χ3v) is 2.52. The van der Waals surface area contributed by atoms with Gasteiger partial charge in [0.1, 0.15) is 0 Å². The number of methoxy groups -OCH3 is 2. The van der Waals surface area contributed by atoms with Crippen LogP contribution in [-0.4, -0.2) is 30.5 Å². The number of aromatic carboxylic acids is 1. The molecule has 1 aromatic carbocycles. The second kappa shape index (κ2) is 4.89. The van der Waals surface area contributed by atoms with Crippen LogP contribution in [0.1, 0.15) is 10.4 Å². The van der Waals surface area contributed by atoms with Crippen molar-refractivity contribution in [1.29, 1.82) is 0 Å². The second-order valence-corrected chi connectivity index (χ2v) is 3.68. The fourth-order valence-electron chi connectivity index (χ4n) is 1.69. The van der Waals surface area contributed by atoms with E-state index in [2.05, 4.69) is 5.16 Å². The zero-order chi connectivity index (χ0) is 14.0. The summed E-state index contributed by atoms with van der Waals surface area (Å²) < 4.78 is 15.4. The van der Waals surface area contributed by atoms with E-state index in [1.165, 1.54) is 32.4 Å². The average molecular weight is 264 g/mol. The van der Waals surface area contributed by atoms with Gasteiger partial charge in [-0.15, -0.1) is 0 Å². The monoisotopic (exact) mass is 264 g/mol. The Kier molecular flexibility index (Phi) is 3.28. The first-order valence-electron chi connectivity index (χ1n) is 5.28. The molecule has 7 heteroatoms. The van der Waals surface area contributed by atoms with Gasteiger partial charge in [-0.1, -0.05) is 5.16 Å². The number of carboxylic acids is 1. The highest BCUT2D eigenvalue weighted by Crippen LogP contribution is 2.39. The summed E-state index contributed by atoms with van der Waals surface area (Å²) >= 11 is 0. The van der Waals surface area contributed by atoms with Crippen molar-refractivity contribution in [2.45, 2.75) is 0 Å². The van der Waals surface area contributed by atoms with Crippen LogP contribution in [0, 0.1) is 0 Å². The molecular formula is C12H12N2O5. The fraction of sp³-hybridized carbons (Fsp3) is 0.167. The highest BCUT2D eigenvalue weighted by molar-refractivity contribution is 5.91. The molecule has 100 valence electrons. The number of nitrogens with zero attached hydrogens (tertiary/aromatic N) is 1. The number of hydrogen-bond donors (Lipinski definition) is 2. The van der Waals surface area contributed by atoms with Gasteiger partial charge in [0.05, 0.1) is 25.3 Å². The summed E-state index contributed by atoms with van der Waals surface area (Å²) in [6.07, 6.45) is 0. The first kappa shape index (κ1) is 12.7.